The molecule has 0 saturated carbocycles. The SMILES string of the molecule is Cc1cccc(C(=O)N2CC(C)NC(C)C2)c1F. The molecule has 2 rings (SSSR count). The molecule has 98 valence electrons. The largest absolute Gasteiger partial charge is 0.335 e. The summed E-state index contributed by atoms with van der Waals surface area (Å²) in [4.78, 5) is 14.0. The molecule has 1 aliphatic rings. The number of nitrogens with zero attached hydrogens (tertiary/aromatic N) is 1. The maximum absolute atomic E-state index is 13.9. The van der Waals surface area contributed by atoms with Crippen LogP contribution in [0.4, 0.5) is 4.39 Å². The Balaban J connectivity index is 2.23. The van der Waals surface area contributed by atoms with Crippen molar-refractivity contribution in [1.29, 1.82) is 0 Å². The summed E-state index contributed by atoms with van der Waals surface area (Å²) in [6.07, 6.45) is 0. The van der Waals surface area contributed by atoms with E-state index < -0.39 is 5.82 Å². The second kappa shape index (κ2) is 5.06. The molecule has 1 aliphatic heterocycles. The maximum atomic E-state index is 13.9. The van der Waals surface area contributed by atoms with Crippen LogP contribution in [-0.2, 0) is 0 Å². The van der Waals surface area contributed by atoms with E-state index >= 15 is 0 Å². The van der Waals surface area contributed by atoms with Gasteiger partial charge in [-0.15, -0.1) is 0 Å². The van der Waals surface area contributed by atoms with E-state index in [-0.39, 0.29) is 23.6 Å². The van der Waals surface area contributed by atoms with Gasteiger partial charge in [-0.1, -0.05) is 12.1 Å². The van der Waals surface area contributed by atoms with Gasteiger partial charge in [0, 0.05) is 25.2 Å². The summed E-state index contributed by atoms with van der Waals surface area (Å²) in [6.45, 7) is 6.98. The van der Waals surface area contributed by atoms with E-state index in [2.05, 4.69) is 5.32 Å². The van der Waals surface area contributed by atoms with Gasteiger partial charge in [0.05, 0.1) is 5.56 Å². The van der Waals surface area contributed by atoms with Crippen molar-refractivity contribution in [2.45, 2.75) is 32.9 Å². The molecular weight excluding hydrogens is 231 g/mol. The molecule has 18 heavy (non-hydrogen) atoms. The first-order valence-corrected chi connectivity index (χ1v) is 6.29. The number of benzene rings is 1. The first-order chi connectivity index (χ1) is 8.49. The molecular formula is C14H19FN2O. The summed E-state index contributed by atoms with van der Waals surface area (Å²) < 4.78 is 13.9. The summed E-state index contributed by atoms with van der Waals surface area (Å²) >= 11 is 0. The summed E-state index contributed by atoms with van der Waals surface area (Å²) in [5, 5.41) is 3.35. The summed E-state index contributed by atoms with van der Waals surface area (Å²) in [7, 11) is 0. The number of piperazine rings is 1. The van der Waals surface area contributed by atoms with Crippen molar-refractivity contribution in [2.24, 2.45) is 0 Å². The van der Waals surface area contributed by atoms with Gasteiger partial charge in [0.1, 0.15) is 5.82 Å². The maximum Gasteiger partial charge on any atom is 0.256 e. The number of hydrogen-bond acceptors (Lipinski definition) is 2. The lowest BCUT2D eigenvalue weighted by molar-refractivity contribution is 0.0669. The average Bonchev–Trinajstić information content (AvgIpc) is 2.30. The Hall–Kier alpha value is -1.42. The fourth-order valence-electron chi connectivity index (χ4n) is 2.48. The van der Waals surface area contributed by atoms with Crippen molar-refractivity contribution in [3.05, 3.63) is 35.1 Å². The molecule has 2 atom stereocenters. The summed E-state index contributed by atoms with van der Waals surface area (Å²) in [5.41, 5.74) is 0.688. The van der Waals surface area contributed by atoms with Gasteiger partial charge in [0.2, 0.25) is 0 Å². The standard InChI is InChI=1S/C14H19FN2O/c1-9-5-4-6-12(13(9)15)14(18)17-7-10(2)16-11(3)8-17/h4-6,10-11,16H,7-8H2,1-3H3. The highest BCUT2D eigenvalue weighted by atomic mass is 19.1. The molecule has 3 nitrogen and oxygen atoms in total. The normalized spacial score (nSPS) is 24.1. The van der Waals surface area contributed by atoms with Crippen molar-refractivity contribution < 1.29 is 9.18 Å². The van der Waals surface area contributed by atoms with Gasteiger partial charge < -0.3 is 10.2 Å². The molecule has 1 aromatic rings. The molecule has 4 heteroatoms. The topological polar surface area (TPSA) is 32.3 Å². The third-order valence-corrected chi connectivity index (χ3v) is 3.27. The fourth-order valence-corrected chi connectivity index (χ4v) is 2.48. The highest BCUT2D eigenvalue weighted by Crippen LogP contribution is 2.16. The number of rotatable bonds is 1. The lowest BCUT2D eigenvalue weighted by Gasteiger charge is -2.36. The zero-order valence-electron chi connectivity index (χ0n) is 11.0. The van der Waals surface area contributed by atoms with Crippen molar-refractivity contribution in [3.63, 3.8) is 0 Å². The summed E-state index contributed by atoms with van der Waals surface area (Å²) in [5.74, 6) is -0.613. The van der Waals surface area contributed by atoms with Crippen LogP contribution in [0.5, 0.6) is 0 Å². The number of hydrogen-bond donors (Lipinski definition) is 1. The zero-order valence-corrected chi connectivity index (χ0v) is 11.0. The Bertz CT molecular complexity index is 451. The van der Waals surface area contributed by atoms with Gasteiger partial charge in [-0.2, -0.15) is 0 Å². The van der Waals surface area contributed by atoms with Gasteiger partial charge in [-0.05, 0) is 32.4 Å². The van der Waals surface area contributed by atoms with E-state index in [9.17, 15) is 9.18 Å². The Morgan fingerprint density at radius 2 is 1.94 bits per heavy atom. The Morgan fingerprint density at radius 3 is 2.56 bits per heavy atom. The molecule has 0 bridgehead atoms. The van der Waals surface area contributed by atoms with Gasteiger partial charge in [0.15, 0.2) is 0 Å². The van der Waals surface area contributed by atoms with Crippen LogP contribution in [-0.4, -0.2) is 36.0 Å². The van der Waals surface area contributed by atoms with E-state index in [0.29, 0.717) is 18.7 Å². The molecule has 0 spiro atoms. The first kappa shape index (κ1) is 13.0. The van der Waals surface area contributed by atoms with E-state index in [0.717, 1.165) is 0 Å². The van der Waals surface area contributed by atoms with Crippen LogP contribution in [0, 0.1) is 12.7 Å². The highest BCUT2D eigenvalue weighted by molar-refractivity contribution is 5.94. The third-order valence-electron chi connectivity index (χ3n) is 3.27. The molecule has 1 aromatic carbocycles. The van der Waals surface area contributed by atoms with E-state index in [1.165, 1.54) is 0 Å². The van der Waals surface area contributed by atoms with Crippen LogP contribution in [0.15, 0.2) is 18.2 Å². The molecule has 1 saturated heterocycles. The van der Waals surface area contributed by atoms with E-state index in [1.54, 1.807) is 30.0 Å². The predicted octanol–water partition coefficient (Wildman–Crippen LogP) is 1.96. The van der Waals surface area contributed by atoms with Gasteiger partial charge >= 0.3 is 0 Å². The van der Waals surface area contributed by atoms with Crippen LogP contribution >= 0.6 is 0 Å². The smallest absolute Gasteiger partial charge is 0.256 e. The average molecular weight is 250 g/mol. The van der Waals surface area contributed by atoms with E-state index in [4.69, 9.17) is 0 Å². The van der Waals surface area contributed by atoms with Crippen LogP contribution < -0.4 is 5.32 Å². The number of amides is 1. The lowest BCUT2D eigenvalue weighted by Crippen LogP contribution is -2.55. The molecule has 0 aliphatic carbocycles. The predicted molar refractivity (Wildman–Crippen MR) is 69.1 cm³/mol. The second-order valence-electron chi connectivity index (χ2n) is 5.12. The fraction of sp³-hybridized carbons (Fsp3) is 0.500. The first-order valence-electron chi connectivity index (χ1n) is 6.29. The zero-order chi connectivity index (χ0) is 13.3. The molecule has 1 amide bonds. The van der Waals surface area contributed by atoms with Crippen LogP contribution in [0.3, 0.4) is 0 Å². The van der Waals surface area contributed by atoms with Crippen molar-refractivity contribution >= 4 is 5.91 Å². The molecule has 0 aromatic heterocycles. The van der Waals surface area contributed by atoms with Crippen molar-refractivity contribution in [3.8, 4) is 0 Å². The minimum absolute atomic E-state index is 0.177. The Morgan fingerprint density at radius 1 is 1.33 bits per heavy atom. The lowest BCUT2D eigenvalue weighted by atomic mass is 10.1. The van der Waals surface area contributed by atoms with Gasteiger partial charge in [-0.3, -0.25) is 4.79 Å². The molecule has 1 heterocycles. The minimum Gasteiger partial charge on any atom is -0.335 e. The van der Waals surface area contributed by atoms with Gasteiger partial charge in [0.25, 0.3) is 5.91 Å². The number of halogens is 1. The summed E-state index contributed by atoms with van der Waals surface area (Å²) in [6, 6.07) is 5.44. The number of nitrogens with one attached hydrogen (secondary N) is 1. The monoisotopic (exact) mass is 250 g/mol. The van der Waals surface area contributed by atoms with Crippen molar-refractivity contribution in [1.82, 2.24) is 10.2 Å². The molecule has 0 radical (unpaired) electrons. The molecule has 1 N–H and O–H groups in total. The number of carbonyl (C=O) groups is 1. The Labute approximate surface area is 107 Å². The Kier molecular flexibility index (Phi) is 3.66. The highest BCUT2D eigenvalue weighted by Gasteiger charge is 2.27. The quantitative estimate of drug-likeness (QED) is 0.826. The molecule has 1 fully saturated rings. The number of aryl methyl sites for hydroxylation is 1. The van der Waals surface area contributed by atoms with Crippen LogP contribution in [0.2, 0.25) is 0 Å². The molecule has 2 unspecified atom stereocenters. The van der Waals surface area contributed by atoms with Crippen LogP contribution in [0.1, 0.15) is 29.8 Å². The van der Waals surface area contributed by atoms with Crippen molar-refractivity contribution in [2.75, 3.05) is 13.1 Å². The number of carbonyl (C=O) groups excluding carboxylic acids is 1. The second-order valence-corrected chi connectivity index (χ2v) is 5.12. The minimum atomic E-state index is -0.402. The van der Waals surface area contributed by atoms with E-state index in [1.807, 2.05) is 13.8 Å². The third kappa shape index (κ3) is 2.53. The van der Waals surface area contributed by atoms with Crippen LogP contribution in [0.25, 0.3) is 0 Å². The van der Waals surface area contributed by atoms with Gasteiger partial charge in [-0.25, -0.2) is 4.39 Å².